The highest BCUT2D eigenvalue weighted by molar-refractivity contribution is 5.52. The number of carbonyl (C=O) groups is 1. The Bertz CT molecular complexity index is 616. The molecule has 1 N–H and O–H groups in total. The van der Waals surface area contributed by atoms with Gasteiger partial charge in [0, 0.05) is 13.0 Å². The first-order valence-electron chi connectivity index (χ1n) is 7.64. The molecule has 22 heavy (non-hydrogen) atoms. The van der Waals surface area contributed by atoms with Gasteiger partial charge in [0.2, 0.25) is 6.41 Å². The smallest absolute Gasteiger partial charge is 0.210 e. The minimum atomic E-state index is 0.112. The predicted octanol–water partition coefficient (Wildman–Crippen LogP) is 2.79. The van der Waals surface area contributed by atoms with Gasteiger partial charge in [-0.05, 0) is 48.6 Å². The van der Waals surface area contributed by atoms with Crippen LogP contribution < -0.4 is 0 Å². The molecule has 0 radical (unpaired) electrons. The molecule has 1 aliphatic carbocycles. The number of carbonyl (C=O) groups excluding carboxylic acids is 1. The Kier molecular flexibility index (Phi) is 4.18. The van der Waals surface area contributed by atoms with Gasteiger partial charge in [0.15, 0.2) is 0 Å². The van der Waals surface area contributed by atoms with Crippen LogP contribution in [0.15, 0.2) is 47.2 Å². The van der Waals surface area contributed by atoms with Crippen molar-refractivity contribution in [1.29, 1.82) is 0 Å². The topological polar surface area (TPSA) is 49.8 Å². The number of methoxy groups -OCH3 is 1. The highest BCUT2D eigenvalue weighted by Crippen LogP contribution is 2.35. The first-order chi connectivity index (χ1) is 10.7. The normalized spacial score (nSPS) is 21.2. The third-order valence-corrected chi connectivity index (χ3v) is 4.63. The Balaban J connectivity index is 1.85. The Morgan fingerprint density at radius 2 is 2.14 bits per heavy atom. The maximum Gasteiger partial charge on any atom is 0.210 e. The second-order valence-corrected chi connectivity index (χ2v) is 5.86. The van der Waals surface area contributed by atoms with E-state index in [0.717, 1.165) is 50.0 Å². The fourth-order valence-electron chi connectivity index (χ4n) is 3.38. The van der Waals surface area contributed by atoms with Gasteiger partial charge < -0.3 is 14.7 Å². The molecule has 1 aromatic rings. The fourth-order valence-corrected chi connectivity index (χ4v) is 3.38. The van der Waals surface area contributed by atoms with Gasteiger partial charge in [0.25, 0.3) is 0 Å². The third kappa shape index (κ3) is 2.86. The van der Waals surface area contributed by atoms with Crippen LogP contribution in [0.1, 0.15) is 24.8 Å². The molecular formula is C18H21NO3. The molecule has 0 fully saturated rings. The first-order valence-corrected chi connectivity index (χ1v) is 7.64. The van der Waals surface area contributed by atoms with Gasteiger partial charge in [-0.2, -0.15) is 0 Å². The number of aromatic hydroxyl groups is 1. The fraction of sp³-hybridized carbons (Fsp3) is 0.389. The third-order valence-electron chi connectivity index (χ3n) is 4.63. The molecule has 1 heterocycles. The molecule has 1 aliphatic heterocycles. The van der Waals surface area contributed by atoms with Gasteiger partial charge in [-0.1, -0.05) is 17.7 Å². The van der Waals surface area contributed by atoms with Gasteiger partial charge in [0.1, 0.15) is 5.75 Å². The van der Waals surface area contributed by atoms with E-state index in [1.165, 1.54) is 11.1 Å². The first kappa shape index (κ1) is 14.7. The summed E-state index contributed by atoms with van der Waals surface area (Å²) in [6, 6.07) is 7.35. The highest BCUT2D eigenvalue weighted by Gasteiger charge is 2.30. The number of amides is 1. The Labute approximate surface area is 130 Å². The minimum Gasteiger partial charge on any atom is -0.508 e. The lowest BCUT2D eigenvalue weighted by atomic mass is 9.83. The summed E-state index contributed by atoms with van der Waals surface area (Å²) in [5.74, 6) is 1.30. The molecular weight excluding hydrogens is 278 g/mol. The van der Waals surface area contributed by atoms with E-state index in [1.807, 2.05) is 17.0 Å². The van der Waals surface area contributed by atoms with Crippen LogP contribution >= 0.6 is 0 Å². The molecule has 0 saturated heterocycles. The summed E-state index contributed by atoms with van der Waals surface area (Å²) in [5.41, 5.74) is 3.90. The van der Waals surface area contributed by atoms with Crippen LogP contribution in [0.3, 0.4) is 0 Å². The molecule has 0 spiro atoms. The number of benzene rings is 1. The molecule has 1 aromatic carbocycles. The molecule has 3 rings (SSSR count). The van der Waals surface area contributed by atoms with Crippen LogP contribution in [-0.4, -0.2) is 36.1 Å². The molecule has 2 aliphatic rings. The van der Waals surface area contributed by atoms with Crippen LogP contribution in [0.4, 0.5) is 0 Å². The van der Waals surface area contributed by atoms with Crippen LogP contribution in [-0.2, 0) is 16.0 Å². The number of ether oxygens (including phenoxy) is 1. The molecule has 4 nitrogen and oxygen atoms in total. The molecule has 0 bridgehead atoms. The van der Waals surface area contributed by atoms with E-state index >= 15 is 0 Å². The summed E-state index contributed by atoms with van der Waals surface area (Å²) in [6.07, 6.45) is 6.52. The highest BCUT2D eigenvalue weighted by atomic mass is 16.5. The predicted molar refractivity (Wildman–Crippen MR) is 84.3 cm³/mol. The maximum atomic E-state index is 11.4. The quantitative estimate of drug-likeness (QED) is 0.687. The van der Waals surface area contributed by atoms with E-state index in [1.54, 1.807) is 19.2 Å². The Hall–Kier alpha value is -2.23. The second-order valence-electron chi connectivity index (χ2n) is 5.86. The van der Waals surface area contributed by atoms with Crippen LogP contribution in [0.5, 0.6) is 5.75 Å². The van der Waals surface area contributed by atoms with Crippen LogP contribution in [0.25, 0.3) is 0 Å². The monoisotopic (exact) mass is 299 g/mol. The van der Waals surface area contributed by atoms with E-state index < -0.39 is 0 Å². The molecule has 1 atom stereocenters. The van der Waals surface area contributed by atoms with Crippen LogP contribution in [0, 0.1) is 0 Å². The SMILES string of the molecule is COC1=CCC2=C(CCN(C=O)C2Cc2ccc(O)cc2)C1. The number of allylic oxidation sites excluding steroid dienone is 2. The summed E-state index contributed by atoms with van der Waals surface area (Å²) in [4.78, 5) is 13.3. The van der Waals surface area contributed by atoms with Crippen molar-refractivity contribution in [3.05, 3.63) is 52.8 Å². The van der Waals surface area contributed by atoms with E-state index in [4.69, 9.17) is 4.74 Å². The number of phenolic OH excluding ortho intramolecular Hbond substituents is 1. The lowest BCUT2D eigenvalue weighted by Gasteiger charge is -2.38. The van der Waals surface area contributed by atoms with Crippen molar-refractivity contribution in [2.24, 2.45) is 0 Å². The van der Waals surface area contributed by atoms with Crippen molar-refractivity contribution >= 4 is 6.41 Å². The zero-order chi connectivity index (χ0) is 15.5. The summed E-state index contributed by atoms with van der Waals surface area (Å²) < 4.78 is 5.38. The van der Waals surface area contributed by atoms with Gasteiger partial charge in [-0.3, -0.25) is 4.79 Å². The maximum absolute atomic E-state index is 11.4. The summed E-state index contributed by atoms with van der Waals surface area (Å²) in [6.45, 7) is 0.766. The summed E-state index contributed by atoms with van der Waals surface area (Å²) in [5, 5.41) is 9.41. The molecule has 1 unspecified atom stereocenters. The largest absolute Gasteiger partial charge is 0.508 e. The molecule has 4 heteroatoms. The van der Waals surface area contributed by atoms with Gasteiger partial charge in [-0.15, -0.1) is 0 Å². The van der Waals surface area contributed by atoms with Crippen molar-refractivity contribution in [2.75, 3.05) is 13.7 Å². The minimum absolute atomic E-state index is 0.112. The van der Waals surface area contributed by atoms with Gasteiger partial charge >= 0.3 is 0 Å². The van der Waals surface area contributed by atoms with E-state index in [0.29, 0.717) is 0 Å². The number of nitrogens with zero attached hydrogens (tertiary/aromatic N) is 1. The standard InChI is InChI=1S/C18H21NO3/c1-22-16-6-7-17-14(11-16)8-9-19(12-20)18(17)10-13-2-4-15(21)5-3-13/h2-6,12,18,21H,7-11H2,1H3. The van der Waals surface area contributed by atoms with Gasteiger partial charge in [-0.25, -0.2) is 0 Å². The average molecular weight is 299 g/mol. The zero-order valence-corrected chi connectivity index (χ0v) is 12.8. The summed E-state index contributed by atoms with van der Waals surface area (Å²) in [7, 11) is 1.71. The zero-order valence-electron chi connectivity index (χ0n) is 12.8. The lowest BCUT2D eigenvalue weighted by Crippen LogP contribution is -2.42. The van der Waals surface area contributed by atoms with E-state index in [9.17, 15) is 9.90 Å². The second kappa shape index (κ2) is 6.26. The number of hydrogen-bond acceptors (Lipinski definition) is 3. The Morgan fingerprint density at radius 3 is 2.82 bits per heavy atom. The van der Waals surface area contributed by atoms with E-state index in [-0.39, 0.29) is 11.8 Å². The van der Waals surface area contributed by atoms with Gasteiger partial charge in [0.05, 0.1) is 18.9 Å². The summed E-state index contributed by atoms with van der Waals surface area (Å²) >= 11 is 0. The van der Waals surface area contributed by atoms with E-state index in [2.05, 4.69) is 6.08 Å². The Morgan fingerprint density at radius 1 is 1.36 bits per heavy atom. The van der Waals surface area contributed by atoms with Crippen molar-refractivity contribution in [3.8, 4) is 5.75 Å². The number of phenols is 1. The number of hydrogen-bond donors (Lipinski definition) is 1. The average Bonchev–Trinajstić information content (AvgIpc) is 2.56. The molecule has 1 amide bonds. The van der Waals surface area contributed by atoms with Crippen molar-refractivity contribution in [1.82, 2.24) is 4.90 Å². The molecule has 0 aromatic heterocycles. The van der Waals surface area contributed by atoms with Crippen LogP contribution in [0.2, 0.25) is 0 Å². The number of rotatable bonds is 4. The van der Waals surface area contributed by atoms with Crippen molar-refractivity contribution in [3.63, 3.8) is 0 Å². The van der Waals surface area contributed by atoms with Crippen molar-refractivity contribution in [2.45, 2.75) is 31.7 Å². The lowest BCUT2D eigenvalue weighted by molar-refractivity contribution is -0.119. The molecule has 116 valence electrons. The molecule has 0 saturated carbocycles. The van der Waals surface area contributed by atoms with Crippen molar-refractivity contribution < 1.29 is 14.6 Å².